The average Bonchev–Trinajstić information content (AvgIpc) is 3.24. The summed E-state index contributed by atoms with van der Waals surface area (Å²) in [5, 5.41) is 17.8. The first-order chi connectivity index (χ1) is 12.7. The van der Waals surface area contributed by atoms with Crippen LogP contribution in [0.1, 0.15) is 40.1 Å². The molecule has 1 aromatic heterocycles. The summed E-state index contributed by atoms with van der Waals surface area (Å²) in [6.07, 6.45) is 2.24. The number of rotatable bonds is 4. The van der Waals surface area contributed by atoms with Crippen molar-refractivity contribution in [3.05, 3.63) is 83.2 Å². The lowest BCUT2D eigenvalue weighted by Gasteiger charge is -2.18. The van der Waals surface area contributed by atoms with Crippen molar-refractivity contribution in [2.24, 2.45) is 0 Å². The Bertz CT molecular complexity index is 933. The molecule has 2 aromatic carbocycles. The molecule has 0 unspecified atom stereocenters. The van der Waals surface area contributed by atoms with E-state index in [1.165, 1.54) is 0 Å². The van der Waals surface area contributed by atoms with Crippen molar-refractivity contribution in [1.29, 1.82) is 0 Å². The minimum Gasteiger partial charge on any atom is -0.390 e. The van der Waals surface area contributed by atoms with Crippen molar-refractivity contribution in [3.8, 4) is 5.69 Å². The number of fused-ring (bicyclic) bond motifs is 1. The number of aromatic nitrogens is 2. The summed E-state index contributed by atoms with van der Waals surface area (Å²) < 4.78 is 1.80. The van der Waals surface area contributed by atoms with Crippen LogP contribution in [0.5, 0.6) is 0 Å². The molecule has 0 radical (unpaired) electrons. The molecule has 0 saturated heterocycles. The van der Waals surface area contributed by atoms with Crippen molar-refractivity contribution >= 4 is 5.91 Å². The van der Waals surface area contributed by atoms with Crippen molar-refractivity contribution in [2.45, 2.75) is 31.9 Å². The fourth-order valence-electron chi connectivity index (χ4n) is 3.66. The molecule has 0 saturated carbocycles. The highest BCUT2D eigenvalue weighted by Crippen LogP contribution is 2.31. The number of hydrogen-bond acceptors (Lipinski definition) is 3. The van der Waals surface area contributed by atoms with E-state index >= 15 is 0 Å². The number of para-hydroxylation sites is 1. The molecule has 2 N–H and O–H groups in total. The number of nitrogens with one attached hydrogen (secondary N) is 1. The second-order valence-corrected chi connectivity index (χ2v) is 6.53. The number of carbonyl (C=O) groups excluding carboxylic acids is 1. The molecule has 26 heavy (non-hydrogen) atoms. The molecule has 1 heterocycles. The van der Waals surface area contributed by atoms with Crippen LogP contribution < -0.4 is 5.32 Å². The number of aliphatic hydroxyl groups is 1. The molecule has 4 rings (SSSR count). The quantitative estimate of drug-likeness (QED) is 0.763. The van der Waals surface area contributed by atoms with Crippen LogP contribution in [-0.2, 0) is 12.8 Å². The van der Waals surface area contributed by atoms with E-state index in [2.05, 4.69) is 10.4 Å². The molecular weight excluding hydrogens is 326 g/mol. The second kappa shape index (κ2) is 6.77. The van der Waals surface area contributed by atoms with E-state index in [1.54, 1.807) is 10.9 Å². The van der Waals surface area contributed by atoms with Gasteiger partial charge >= 0.3 is 0 Å². The van der Waals surface area contributed by atoms with Crippen LogP contribution in [-0.4, -0.2) is 26.9 Å². The highest BCUT2D eigenvalue weighted by atomic mass is 16.3. The van der Waals surface area contributed by atoms with Gasteiger partial charge in [-0.3, -0.25) is 4.79 Å². The highest BCUT2D eigenvalue weighted by Gasteiger charge is 2.32. The maximum Gasteiger partial charge on any atom is 0.255 e. The Kier molecular flexibility index (Phi) is 4.31. The van der Waals surface area contributed by atoms with Crippen LogP contribution in [0.4, 0.5) is 0 Å². The zero-order valence-electron chi connectivity index (χ0n) is 14.6. The lowest BCUT2D eigenvalue weighted by atomic mass is 10.1. The summed E-state index contributed by atoms with van der Waals surface area (Å²) >= 11 is 0. The largest absolute Gasteiger partial charge is 0.390 e. The number of nitrogens with zero attached hydrogens (tertiary/aromatic N) is 2. The molecule has 0 bridgehead atoms. The van der Waals surface area contributed by atoms with Crippen LogP contribution >= 0.6 is 0 Å². The van der Waals surface area contributed by atoms with E-state index < -0.39 is 6.10 Å². The lowest BCUT2D eigenvalue weighted by Crippen LogP contribution is -2.34. The smallest absolute Gasteiger partial charge is 0.255 e. The van der Waals surface area contributed by atoms with Crippen molar-refractivity contribution in [3.63, 3.8) is 0 Å². The Hall–Kier alpha value is -2.92. The maximum absolute atomic E-state index is 12.9. The number of benzene rings is 2. The standard InChI is InChI=1S/C21H21N3O2/c1-2-18-17(13-22-24(18)15-9-4-3-5-10-15)21(26)23-20-16-11-7-6-8-14(16)12-19(20)25/h3-11,13,19-20,25H,2,12H2,1H3,(H,23,26)/t19-,20+/m1/s1. The number of hydrogen-bond donors (Lipinski definition) is 2. The first-order valence-corrected chi connectivity index (χ1v) is 8.88. The SMILES string of the molecule is CCc1c(C(=O)N[C@H]2c3ccccc3C[C@H]2O)cnn1-c1ccccc1. The fraction of sp³-hybridized carbons (Fsp3) is 0.238. The molecule has 3 aromatic rings. The summed E-state index contributed by atoms with van der Waals surface area (Å²) in [4.78, 5) is 12.9. The highest BCUT2D eigenvalue weighted by molar-refractivity contribution is 5.95. The van der Waals surface area contributed by atoms with Crippen molar-refractivity contribution < 1.29 is 9.90 Å². The molecule has 1 amide bonds. The molecule has 132 valence electrons. The van der Waals surface area contributed by atoms with Crippen LogP contribution in [0.25, 0.3) is 5.69 Å². The molecule has 0 aliphatic heterocycles. The Morgan fingerprint density at radius 3 is 2.69 bits per heavy atom. The van der Waals surface area contributed by atoms with Gasteiger partial charge in [-0.05, 0) is 29.7 Å². The molecule has 5 heteroatoms. The number of amides is 1. The van der Waals surface area contributed by atoms with Gasteiger partial charge in [0.1, 0.15) is 0 Å². The maximum atomic E-state index is 12.9. The third-order valence-electron chi connectivity index (χ3n) is 4.94. The van der Waals surface area contributed by atoms with Gasteiger partial charge in [-0.2, -0.15) is 5.10 Å². The molecule has 0 spiro atoms. The number of carbonyl (C=O) groups is 1. The van der Waals surface area contributed by atoms with Crippen LogP contribution in [0.2, 0.25) is 0 Å². The van der Waals surface area contributed by atoms with E-state index in [9.17, 15) is 9.90 Å². The zero-order chi connectivity index (χ0) is 18.1. The van der Waals surface area contributed by atoms with Crippen molar-refractivity contribution in [2.75, 3.05) is 0 Å². The Morgan fingerprint density at radius 1 is 1.19 bits per heavy atom. The monoisotopic (exact) mass is 347 g/mol. The van der Waals surface area contributed by atoms with E-state index in [0.717, 1.165) is 22.5 Å². The first kappa shape index (κ1) is 16.5. The molecule has 1 aliphatic rings. The van der Waals surface area contributed by atoms with Crippen LogP contribution in [0.15, 0.2) is 60.8 Å². The first-order valence-electron chi connectivity index (χ1n) is 8.88. The molecular formula is C21H21N3O2. The average molecular weight is 347 g/mol. The normalized spacial score (nSPS) is 18.5. The van der Waals surface area contributed by atoms with Gasteiger partial charge in [-0.15, -0.1) is 0 Å². The minimum absolute atomic E-state index is 0.204. The topological polar surface area (TPSA) is 67.2 Å². The summed E-state index contributed by atoms with van der Waals surface area (Å²) in [6.45, 7) is 2.01. The zero-order valence-corrected chi connectivity index (χ0v) is 14.6. The van der Waals surface area contributed by atoms with Gasteiger partial charge < -0.3 is 10.4 Å². The molecule has 1 aliphatic carbocycles. The van der Waals surface area contributed by atoms with Gasteiger partial charge in [0, 0.05) is 6.42 Å². The van der Waals surface area contributed by atoms with Gasteiger partial charge in [0.05, 0.1) is 35.3 Å². The van der Waals surface area contributed by atoms with E-state index in [0.29, 0.717) is 18.4 Å². The third-order valence-corrected chi connectivity index (χ3v) is 4.94. The van der Waals surface area contributed by atoms with Crippen molar-refractivity contribution in [1.82, 2.24) is 15.1 Å². The van der Waals surface area contributed by atoms with E-state index in [4.69, 9.17) is 0 Å². The molecule has 2 atom stereocenters. The lowest BCUT2D eigenvalue weighted by molar-refractivity contribution is 0.0857. The van der Waals surface area contributed by atoms with Crippen LogP contribution in [0, 0.1) is 0 Å². The van der Waals surface area contributed by atoms with E-state index in [1.807, 2.05) is 61.5 Å². The summed E-state index contributed by atoms with van der Waals surface area (Å²) in [7, 11) is 0. The molecule has 0 fully saturated rings. The van der Waals surface area contributed by atoms with Gasteiger partial charge in [0.2, 0.25) is 0 Å². The summed E-state index contributed by atoms with van der Waals surface area (Å²) in [5.41, 5.74) is 4.40. The third kappa shape index (κ3) is 2.80. The second-order valence-electron chi connectivity index (χ2n) is 6.53. The van der Waals surface area contributed by atoms with E-state index in [-0.39, 0.29) is 11.9 Å². The number of aliphatic hydroxyl groups excluding tert-OH is 1. The van der Waals surface area contributed by atoms with Gasteiger partial charge in [0.15, 0.2) is 0 Å². The Morgan fingerprint density at radius 2 is 1.92 bits per heavy atom. The van der Waals surface area contributed by atoms with Crippen LogP contribution in [0.3, 0.4) is 0 Å². The van der Waals surface area contributed by atoms with Gasteiger partial charge in [0.25, 0.3) is 5.91 Å². The minimum atomic E-state index is -0.606. The Labute approximate surface area is 152 Å². The Balaban J connectivity index is 1.63. The summed E-state index contributed by atoms with van der Waals surface area (Å²) in [6, 6.07) is 17.2. The predicted molar refractivity (Wildman–Crippen MR) is 99.3 cm³/mol. The molecule has 5 nitrogen and oxygen atoms in total. The van der Waals surface area contributed by atoms with Gasteiger partial charge in [-0.25, -0.2) is 4.68 Å². The predicted octanol–water partition coefficient (Wildman–Crippen LogP) is 2.82. The fourth-order valence-corrected chi connectivity index (χ4v) is 3.66. The van der Waals surface area contributed by atoms with Gasteiger partial charge in [-0.1, -0.05) is 49.4 Å². The summed E-state index contributed by atoms with van der Waals surface area (Å²) in [5.74, 6) is -0.204.